The van der Waals surface area contributed by atoms with Crippen molar-refractivity contribution in [2.24, 2.45) is 5.73 Å². The van der Waals surface area contributed by atoms with Crippen LogP contribution in [0.1, 0.15) is 10.4 Å². The topological polar surface area (TPSA) is 60.1 Å². The summed E-state index contributed by atoms with van der Waals surface area (Å²) < 4.78 is 2.07. The number of nitrogens with zero attached hydrogens (tertiary/aromatic N) is 1. The van der Waals surface area contributed by atoms with E-state index in [1.807, 2.05) is 42.7 Å². The van der Waals surface area contributed by atoms with Crippen LogP contribution in [0.15, 0.2) is 54.7 Å². The van der Waals surface area contributed by atoms with Gasteiger partial charge in [-0.3, -0.25) is 4.79 Å². The van der Waals surface area contributed by atoms with Gasteiger partial charge in [-0.1, -0.05) is 24.3 Å². The Labute approximate surface area is 121 Å². The monoisotopic (exact) mass is 275 g/mol. The molecule has 3 N–H and O–H groups in total. The molecule has 21 heavy (non-hydrogen) atoms. The van der Waals surface area contributed by atoms with Crippen molar-refractivity contribution in [1.82, 2.24) is 4.57 Å². The lowest BCUT2D eigenvalue weighted by Crippen LogP contribution is -2.10. The number of rotatable bonds is 1. The van der Waals surface area contributed by atoms with Gasteiger partial charge >= 0.3 is 0 Å². The zero-order chi connectivity index (χ0) is 14.4. The van der Waals surface area contributed by atoms with E-state index in [0.717, 1.165) is 27.8 Å². The molecule has 0 fully saturated rings. The van der Waals surface area contributed by atoms with Gasteiger partial charge in [-0.05, 0) is 24.3 Å². The number of carbonyl (C=O) groups excluding carboxylic acids is 1. The van der Waals surface area contributed by atoms with Gasteiger partial charge in [0, 0.05) is 34.6 Å². The van der Waals surface area contributed by atoms with E-state index in [1.54, 1.807) is 6.07 Å². The Morgan fingerprint density at radius 2 is 1.95 bits per heavy atom. The Hall–Kier alpha value is -3.01. The molecule has 0 saturated heterocycles. The van der Waals surface area contributed by atoms with E-state index >= 15 is 0 Å². The largest absolute Gasteiger partial charge is 0.366 e. The quantitative estimate of drug-likeness (QED) is 0.716. The molecule has 0 saturated carbocycles. The molecule has 4 rings (SSSR count). The average Bonchev–Trinajstić information content (AvgIpc) is 2.75. The average molecular weight is 275 g/mol. The van der Waals surface area contributed by atoms with Crippen molar-refractivity contribution in [3.05, 3.63) is 60.3 Å². The van der Waals surface area contributed by atoms with Crippen LogP contribution >= 0.6 is 0 Å². The predicted octanol–water partition coefficient (Wildman–Crippen LogP) is 3.26. The number of carbonyl (C=O) groups is 1. The van der Waals surface area contributed by atoms with Gasteiger partial charge in [0.2, 0.25) is 5.91 Å². The molecule has 1 aliphatic rings. The summed E-state index contributed by atoms with van der Waals surface area (Å²) in [5.74, 6) is -0.413. The fourth-order valence-corrected chi connectivity index (χ4v) is 2.78. The van der Waals surface area contributed by atoms with Gasteiger partial charge in [0.25, 0.3) is 0 Å². The third-order valence-electron chi connectivity index (χ3n) is 3.79. The van der Waals surface area contributed by atoms with Crippen LogP contribution in [0, 0.1) is 0 Å². The van der Waals surface area contributed by atoms with Gasteiger partial charge in [0.1, 0.15) is 0 Å². The lowest BCUT2D eigenvalue weighted by atomic mass is 10.1. The molecular formula is C17H13N3O. The van der Waals surface area contributed by atoms with Gasteiger partial charge in [0.05, 0.1) is 11.2 Å². The second-order valence-electron chi connectivity index (χ2n) is 5.04. The van der Waals surface area contributed by atoms with Gasteiger partial charge in [-0.2, -0.15) is 0 Å². The van der Waals surface area contributed by atoms with Crippen molar-refractivity contribution in [2.75, 3.05) is 5.32 Å². The van der Waals surface area contributed by atoms with Gasteiger partial charge in [-0.25, -0.2) is 0 Å². The van der Waals surface area contributed by atoms with Crippen molar-refractivity contribution in [3.8, 4) is 11.3 Å². The van der Waals surface area contributed by atoms with E-state index in [0.29, 0.717) is 5.56 Å². The number of fused-ring (bicyclic) bond motifs is 5. The summed E-state index contributed by atoms with van der Waals surface area (Å²) in [5, 5.41) is 4.35. The Balaban J connectivity index is 2.06. The summed E-state index contributed by atoms with van der Waals surface area (Å²) >= 11 is 0. The van der Waals surface area contributed by atoms with Gasteiger partial charge in [-0.15, -0.1) is 0 Å². The van der Waals surface area contributed by atoms with E-state index in [2.05, 4.69) is 22.0 Å². The Morgan fingerprint density at radius 3 is 2.81 bits per heavy atom. The lowest BCUT2D eigenvalue weighted by molar-refractivity contribution is 0.100. The summed E-state index contributed by atoms with van der Waals surface area (Å²) in [6, 6.07) is 15.8. The minimum Gasteiger partial charge on any atom is -0.366 e. The number of nitrogens with one attached hydrogen (secondary N) is 1. The number of anilines is 1. The van der Waals surface area contributed by atoms with Crippen LogP contribution in [0.3, 0.4) is 0 Å². The first-order chi connectivity index (χ1) is 10.2. The van der Waals surface area contributed by atoms with Crippen molar-refractivity contribution in [3.63, 3.8) is 0 Å². The van der Waals surface area contributed by atoms with Crippen molar-refractivity contribution >= 4 is 28.7 Å². The summed E-state index contributed by atoms with van der Waals surface area (Å²) in [6.07, 6.45) is 3.86. The zero-order valence-electron chi connectivity index (χ0n) is 11.2. The molecule has 0 spiro atoms. The molecule has 2 heterocycles. The zero-order valence-corrected chi connectivity index (χ0v) is 11.2. The van der Waals surface area contributed by atoms with E-state index in [4.69, 9.17) is 5.73 Å². The number of hydrogen-bond acceptors (Lipinski definition) is 2. The van der Waals surface area contributed by atoms with E-state index in [-0.39, 0.29) is 0 Å². The smallest absolute Gasteiger partial charge is 0.248 e. The van der Waals surface area contributed by atoms with Crippen molar-refractivity contribution < 1.29 is 4.79 Å². The van der Waals surface area contributed by atoms with Crippen LogP contribution in [0.2, 0.25) is 0 Å². The Bertz CT molecular complexity index is 906. The predicted molar refractivity (Wildman–Crippen MR) is 84.8 cm³/mol. The van der Waals surface area contributed by atoms with Crippen LogP contribution in [0.5, 0.6) is 0 Å². The number of para-hydroxylation sites is 1. The summed E-state index contributed by atoms with van der Waals surface area (Å²) in [5.41, 5.74) is 10.1. The summed E-state index contributed by atoms with van der Waals surface area (Å²) in [6.45, 7) is 0. The molecule has 4 nitrogen and oxygen atoms in total. The summed E-state index contributed by atoms with van der Waals surface area (Å²) in [4.78, 5) is 11.4. The molecule has 4 heteroatoms. The van der Waals surface area contributed by atoms with Crippen LogP contribution in [-0.4, -0.2) is 10.5 Å². The molecule has 102 valence electrons. The fraction of sp³-hybridized carbons (Fsp3) is 0. The third kappa shape index (κ3) is 1.73. The normalized spacial score (nSPS) is 12.4. The minimum absolute atomic E-state index is 0.413. The fourth-order valence-electron chi connectivity index (χ4n) is 2.78. The third-order valence-corrected chi connectivity index (χ3v) is 3.79. The first kappa shape index (κ1) is 11.8. The number of amides is 1. The molecule has 0 atom stereocenters. The molecule has 0 unspecified atom stereocenters. The highest BCUT2D eigenvalue weighted by molar-refractivity contribution is 5.99. The van der Waals surface area contributed by atoms with Crippen LogP contribution in [0.25, 0.3) is 28.4 Å². The SMILES string of the molecule is NC(=O)c1ccc2cc3n(c2c1)C=CNc1ccccc1-3. The molecule has 3 aromatic rings. The minimum atomic E-state index is -0.413. The van der Waals surface area contributed by atoms with E-state index in [9.17, 15) is 4.79 Å². The van der Waals surface area contributed by atoms with Crippen LogP contribution < -0.4 is 11.1 Å². The number of aromatic nitrogens is 1. The molecule has 2 aromatic carbocycles. The van der Waals surface area contributed by atoms with Gasteiger partial charge in [0.15, 0.2) is 0 Å². The Kier molecular flexibility index (Phi) is 2.38. The van der Waals surface area contributed by atoms with E-state index < -0.39 is 5.91 Å². The van der Waals surface area contributed by atoms with Crippen molar-refractivity contribution in [1.29, 1.82) is 0 Å². The van der Waals surface area contributed by atoms with Gasteiger partial charge < -0.3 is 15.6 Å². The van der Waals surface area contributed by atoms with E-state index in [1.165, 1.54) is 0 Å². The molecule has 1 aliphatic heterocycles. The maximum atomic E-state index is 11.4. The standard InChI is InChI=1S/C17H13N3O/c18-17(21)12-6-5-11-9-16-13-3-1-2-4-14(13)19-7-8-20(16)15(11)10-12/h1-10,19H,(H2,18,21). The van der Waals surface area contributed by atoms with Crippen LogP contribution in [-0.2, 0) is 0 Å². The highest BCUT2D eigenvalue weighted by Crippen LogP contribution is 2.35. The molecule has 0 bridgehead atoms. The first-order valence-corrected chi connectivity index (χ1v) is 6.71. The number of benzene rings is 2. The second kappa shape index (κ2) is 4.24. The second-order valence-corrected chi connectivity index (χ2v) is 5.04. The Morgan fingerprint density at radius 1 is 1.10 bits per heavy atom. The molecule has 0 radical (unpaired) electrons. The first-order valence-electron chi connectivity index (χ1n) is 6.71. The number of primary amides is 1. The lowest BCUT2D eigenvalue weighted by Gasteiger charge is -2.06. The highest BCUT2D eigenvalue weighted by Gasteiger charge is 2.15. The molecule has 1 aromatic heterocycles. The van der Waals surface area contributed by atoms with Crippen molar-refractivity contribution in [2.45, 2.75) is 0 Å². The highest BCUT2D eigenvalue weighted by atomic mass is 16.1. The maximum Gasteiger partial charge on any atom is 0.248 e. The maximum absolute atomic E-state index is 11.4. The molecular weight excluding hydrogens is 262 g/mol. The summed E-state index contributed by atoms with van der Waals surface area (Å²) in [7, 11) is 0. The number of hydrogen-bond donors (Lipinski definition) is 2. The number of nitrogens with two attached hydrogens (primary N) is 1. The van der Waals surface area contributed by atoms with Crippen LogP contribution in [0.4, 0.5) is 5.69 Å². The molecule has 0 aliphatic carbocycles. The molecule has 1 amide bonds.